The third-order valence-electron chi connectivity index (χ3n) is 6.32. The van der Waals surface area contributed by atoms with Crippen molar-refractivity contribution >= 4 is 0 Å². The second-order valence-corrected chi connectivity index (χ2v) is 8.77. The Morgan fingerprint density at radius 3 is 2.38 bits per heavy atom. The maximum absolute atomic E-state index is 6.31. The fourth-order valence-electron chi connectivity index (χ4n) is 4.50. The summed E-state index contributed by atoms with van der Waals surface area (Å²) in [5.74, 6) is 0.859. The quantitative estimate of drug-likeness (QED) is 0.813. The SMILES string of the molecule is CN(C)C1CCN(C2(CN)CCCC(C(C)(C)C)CC2)C1. The zero-order valence-electron chi connectivity index (χ0n) is 15.0. The Balaban J connectivity index is 2.05. The molecule has 3 unspecified atom stereocenters. The zero-order valence-corrected chi connectivity index (χ0v) is 15.0. The molecule has 1 saturated heterocycles. The van der Waals surface area contributed by atoms with E-state index in [0.717, 1.165) is 18.5 Å². The van der Waals surface area contributed by atoms with Crippen LogP contribution in [0.1, 0.15) is 59.3 Å². The van der Waals surface area contributed by atoms with Crippen LogP contribution < -0.4 is 5.73 Å². The molecule has 21 heavy (non-hydrogen) atoms. The van der Waals surface area contributed by atoms with Gasteiger partial charge in [0.1, 0.15) is 0 Å². The molecule has 2 fully saturated rings. The molecule has 0 aromatic carbocycles. The zero-order chi connectivity index (χ0) is 15.7. The molecule has 0 bridgehead atoms. The molecule has 0 aromatic rings. The first-order valence-corrected chi connectivity index (χ1v) is 8.90. The second kappa shape index (κ2) is 6.55. The summed E-state index contributed by atoms with van der Waals surface area (Å²) in [5.41, 5.74) is 7.04. The summed E-state index contributed by atoms with van der Waals surface area (Å²) in [6, 6.07) is 0.718. The van der Waals surface area contributed by atoms with Crippen LogP contribution in [-0.4, -0.2) is 55.1 Å². The Morgan fingerprint density at radius 2 is 1.86 bits per heavy atom. The largest absolute Gasteiger partial charge is 0.329 e. The van der Waals surface area contributed by atoms with Crippen LogP contribution in [0.5, 0.6) is 0 Å². The minimum Gasteiger partial charge on any atom is -0.329 e. The lowest BCUT2D eigenvalue weighted by atomic mass is 9.76. The number of likely N-dealkylation sites (tertiary alicyclic amines) is 1. The van der Waals surface area contributed by atoms with Crippen molar-refractivity contribution in [2.24, 2.45) is 17.1 Å². The van der Waals surface area contributed by atoms with Crippen LogP contribution in [0.4, 0.5) is 0 Å². The van der Waals surface area contributed by atoms with Gasteiger partial charge >= 0.3 is 0 Å². The Labute approximate surface area is 132 Å². The standard InChI is InChI=1S/C18H37N3/c1-17(2,3)15-7-6-10-18(14-19,11-8-15)21-12-9-16(13-21)20(4)5/h15-16H,6-14,19H2,1-5H3. The highest BCUT2D eigenvalue weighted by molar-refractivity contribution is 4.99. The molecule has 1 heterocycles. The fourth-order valence-corrected chi connectivity index (χ4v) is 4.50. The van der Waals surface area contributed by atoms with Gasteiger partial charge in [-0.1, -0.05) is 27.2 Å². The number of nitrogens with two attached hydrogens (primary N) is 1. The summed E-state index contributed by atoms with van der Waals surface area (Å²) < 4.78 is 0. The molecule has 124 valence electrons. The van der Waals surface area contributed by atoms with Gasteiger partial charge in [0.05, 0.1) is 0 Å². The van der Waals surface area contributed by atoms with E-state index >= 15 is 0 Å². The van der Waals surface area contributed by atoms with Gasteiger partial charge < -0.3 is 10.6 Å². The van der Waals surface area contributed by atoms with Gasteiger partial charge in [0.15, 0.2) is 0 Å². The van der Waals surface area contributed by atoms with Gasteiger partial charge in [-0.3, -0.25) is 4.90 Å². The predicted molar refractivity (Wildman–Crippen MR) is 91.5 cm³/mol. The molecule has 2 N–H and O–H groups in total. The van der Waals surface area contributed by atoms with Crippen molar-refractivity contribution in [3.63, 3.8) is 0 Å². The highest BCUT2D eigenvalue weighted by Gasteiger charge is 2.42. The van der Waals surface area contributed by atoms with E-state index in [1.54, 1.807) is 0 Å². The number of hydrogen-bond acceptors (Lipinski definition) is 3. The normalized spacial score (nSPS) is 36.1. The first-order chi connectivity index (χ1) is 9.78. The summed E-state index contributed by atoms with van der Waals surface area (Å²) >= 11 is 0. The van der Waals surface area contributed by atoms with E-state index in [2.05, 4.69) is 44.7 Å². The van der Waals surface area contributed by atoms with Crippen LogP contribution in [0, 0.1) is 11.3 Å². The molecule has 1 saturated carbocycles. The molecule has 1 aliphatic carbocycles. The van der Waals surface area contributed by atoms with Crippen molar-refractivity contribution in [3.05, 3.63) is 0 Å². The van der Waals surface area contributed by atoms with Gasteiger partial charge in [-0.05, 0) is 57.5 Å². The first-order valence-electron chi connectivity index (χ1n) is 8.90. The molecular formula is C18H37N3. The summed E-state index contributed by atoms with van der Waals surface area (Å²) in [6.45, 7) is 10.5. The van der Waals surface area contributed by atoms with Crippen molar-refractivity contribution in [1.82, 2.24) is 9.80 Å². The van der Waals surface area contributed by atoms with E-state index in [-0.39, 0.29) is 5.54 Å². The summed E-state index contributed by atoms with van der Waals surface area (Å²) in [5, 5.41) is 0. The molecule has 0 aromatic heterocycles. The average molecular weight is 296 g/mol. The fraction of sp³-hybridized carbons (Fsp3) is 1.00. The van der Waals surface area contributed by atoms with Gasteiger partial charge in [-0.2, -0.15) is 0 Å². The van der Waals surface area contributed by atoms with Crippen LogP contribution in [0.2, 0.25) is 0 Å². The lowest BCUT2D eigenvalue weighted by molar-refractivity contribution is 0.0927. The van der Waals surface area contributed by atoms with Crippen LogP contribution in [-0.2, 0) is 0 Å². The number of hydrogen-bond donors (Lipinski definition) is 1. The van der Waals surface area contributed by atoms with E-state index in [1.165, 1.54) is 51.6 Å². The molecule has 2 rings (SSSR count). The van der Waals surface area contributed by atoms with E-state index in [0.29, 0.717) is 5.41 Å². The van der Waals surface area contributed by atoms with Crippen LogP contribution in [0.3, 0.4) is 0 Å². The number of rotatable bonds is 3. The average Bonchev–Trinajstić information content (AvgIpc) is 2.79. The van der Waals surface area contributed by atoms with Gasteiger partial charge in [0.25, 0.3) is 0 Å². The van der Waals surface area contributed by atoms with Crippen LogP contribution >= 0.6 is 0 Å². The summed E-state index contributed by atoms with van der Waals surface area (Å²) in [4.78, 5) is 5.13. The Kier molecular flexibility index (Phi) is 5.38. The highest BCUT2D eigenvalue weighted by atomic mass is 15.3. The maximum Gasteiger partial charge on any atom is 0.0332 e. The monoisotopic (exact) mass is 295 g/mol. The summed E-state index contributed by atoms with van der Waals surface area (Å²) in [7, 11) is 4.43. The van der Waals surface area contributed by atoms with Crippen molar-refractivity contribution < 1.29 is 0 Å². The molecular weight excluding hydrogens is 258 g/mol. The molecule has 2 aliphatic rings. The number of nitrogens with zero attached hydrogens (tertiary/aromatic N) is 2. The van der Waals surface area contributed by atoms with Crippen LogP contribution in [0.15, 0.2) is 0 Å². The highest BCUT2D eigenvalue weighted by Crippen LogP contribution is 2.42. The second-order valence-electron chi connectivity index (χ2n) is 8.77. The van der Waals surface area contributed by atoms with E-state index < -0.39 is 0 Å². The topological polar surface area (TPSA) is 32.5 Å². The Hall–Kier alpha value is -0.120. The third kappa shape index (κ3) is 3.80. The van der Waals surface area contributed by atoms with Gasteiger partial charge in [-0.15, -0.1) is 0 Å². The molecule has 3 atom stereocenters. The molecule has 3 heteroatoms. The molecule has 0 amide bonds. The smallest absolute Gasteiger partial charge is 0.0332 e. The van der Waals surface area contributed by atoms with Crippen molar-refractivity contribution in [2.75, 3.05) is 33.7 Å². The number of likely N-dealkylation sites (N-methyl/N-ethyl adjacent to an activating group) is 1. The Bertz CT molecular complexity index is 334. The molecule has 1 aliphatic heterocycles. The molecule has 0 radical (unpaired) electrons. The Morgan fingerprint density at radius 1 is 1.14 bits per heavy atom. The van der Waals surface area contributed by atoms with Crippen molar-refractivity contribution in [1.29, 1.82) is 0 Å². The van der Waals surface area contributed by atoms with Crippen LogP contribution in [0.25, 0.3) is 0 Å². The third-order valence-corrected chi connectivity index (χ3v) is 6.32. The van der Waals surface area contributed by atoms with E-state index in [1.807, 2.05) is 0 Å². The minimum absolute atomic E-state index is 0.282. The predicted octanol–water partition coefficient (Wildman–Crippen LogP) is 2.95. The van der Waals surface area contributed by atoms with Gasteiger partial charge in [0, 0.05) is 31.2 Å². The van der Waals surface area contributed by atoms with Gasteiger partial charge in [-0.25, -0.2) is 0 Å². The lowest BCUT2D eigenvalue weighted by Gasteiger charge is -2.41. The van der Waals surface area contributed by atoms with Crippen molar-refractivity contribution in [3.8, 4) is 0 Å². The summed E-state index contributed by atoms with van der Waals surface area (Å²) in [6.07, 6.45) is 7.99. The van der Waals surface area contributed by atoms with Gasteiger partial charge in [0.2, 0.25) is 0 Å². The lowest BCUT2D eigenvalue weighted by Crippen LogP contribution is -2.53. The molecule has 3 nitrogen and oxygen atoms in total. The minimum atomic E-state index is 0.282. The maximum atomic E-state index is 6.31. The van der Waals surface area contributed by atoms with Crippen molar-refractivity contribution in [2.45, 2.75) is 70.9 Å². The van der Waals surface area contributed by atoms with E-state index in [9.17, 15) is 0 Å². The molecule has 0 spiro atoms. The first kappa shape index (κ1) is 17.2. The van der Waals surface area contributed by atoms with E-state index in [4.69, 9.17) is 5.73 Å².